The lowest BCUT2D eigenvalue weighted by atomic mass is 9.85. The van der Waals surface area contributed by atoms with Crippen molar-refractivity contribution in [2.45, 2.75) is 0 Å². The Bertz CT molecular complexity index is 1400. The molecule has 0 saturated heterocycles. The summed E-state index contributed by atoms with van der Waals surface area (Å²) in [5.41, 5.74) is 4.40. The molecule has 0 spiro atoms. The van der Waals surface area contributed by atoms with Crippen LogP contribution in [0.5, 0.6) is 23.0 Å². The van der Waals surface area contributed by atoms with Crippen LogP contribution in [0.15, 0.2) is 84.9 Å². The summed E-state index contributed by atoms with van der Waals surface area (Å²) in [4.78, 5) is 0. The van der Waals surface area contributed by atoms with E-state index >= 15 is 0 Å². The van der Waals surface area contributed by atoms with Crippen LogP contribution in [0.2, 0.25) is 0 Å². The first-order valence-electron chi connectivity index (χ1n) is 11.6. The highest BCUT2D eigenvalue weighted by Crippen LogP contribution is 2.51. The molecule has 0 aromatic heterocycles. The van der Waals surface area contributed by atoms with Crippen LogP contribution >= 0.6 is 0 Å². The Balaban J connectivity index is 1.62. The van der Waals surface area contributed by atoms with Gasteiger partial charge in [-0.25, -0.2) is 0 Å². The van der Waals surface area contributed by atoms with Crippen LogP contribution in [0.1, 0.15) is 0 Å². The van der Waals surface area contributed by atoms with Gasteiger partial charge in [0.05, 0.1) is 0 Å². The van der Waals surface area contributed by atoms with Crippen molar-refractivity contribution in [1.29, 1.82) is 0 Å². The highest BCUT2D eigenvalue weighted by Gasteiger charge is 2.25. The van der Waals surface area contributed by atoms with Gasteiger partial charge in [0.25, 0.3) is 0 Å². The molecule has 4 nitrogen and oxygen atoms in total. The van der Waals surface area contributed by atoms with Crippen molar-refractivity contribution in [2.75, 3.05) is 26.4 Å². The fourth-order valence-corrected chi connectivity index (χ4v) is 5.25. The lowest BCUT2D eigenvalue weighted by molar-refractivity contribution is 0.172. The average molecular weight is 447 g/mol. The predicted molar refractivity (Wildman–Crippen MR) is 134 cm³/mol. The van der Waals surface area contributed by atoms with Crippen molar-refractivity contribution < 1.29 is 18.9 Å². The number of para-hydroxylation sites is 2. The molecule has 7 rings (SSSR count). The molecule has 0 bridgehead atoms. The maximum atomic E-state index is 6.13. The van der Waals surface area contributed by atoms with Gasteiger partial charge in [-0.1, -0.05) is 72.8 Å². The molecule has 166 valence electrons. The molecule has 0 N–H and O–H groups in total. The highest BCUT2D eigenvalue weighted by atomic mass is 16.6. The zero-order valence-electron chi connectivity index (χ0n) is 18.5. The molecule has 0 unspecified atom stereocenters. The molecule has 34 heavy (non-hydrogen) atoms. The minimum atomic E-state index is 0.547. The van der Waals surface area contributed by atoms with E-state index in [1.54, 1.807) is 0 Å². The van der Waals surface area contributed by atoms with E-state index in [4.69, 9.17) is 18.9 Å². The predicted octanol–water partition coefficient (Wildman–Crippen LogP) is 6.87. The van der Waals surface area contributed by atoms with Gasteiger partial charge in [0.15, 0.2) is 23.0 Å². The Morgan fingerprint density at radius 1 is 0.382 bits per heavy atom. The van der Waals surface area contributed by atoms with Crippen LogP contribution in [0.4, 0.5) is 0 Å². The van der Waals surface area contributed by atoms with E-state index in [0.29, 0.717) is 26.4 Å². The van der Waals surface area contributed by atoms with Gasteiger partial charge >= 0.3 is 0 Å². The summed E-state index contributed by atoms with van der Waals surface area (Å²) < 4.78 is 24.1. The molecule has 4 heteroatoms. The van der Waals surface area contributed by atoms with E-state index in [9.17, 15) is 0 Å². The first-order chi connectivity index (χ1) is 16.9. The van der Waals surface area contributed by atoms with E-state index in [-0.39, 0.29) is 0 Å². The standard InChI is InChI=1S/C30H22O4/c1-2-8-20-19(7-1)27(23-11-5-13-25-29(23)33-17-15-31-25)21-9-3-4-10-22(21)28(20)24-12-6-14-26-30(24)34-18-16-32-26/h1-14H,15-18H2. The highest BCUT2D eigenvalue weighted by molar-refractivity contribution is 6.22. The first-order valence-corrected chi connectivity index (χ1v) is 11.6. The molecule has 0 amide bonds. The second-order valence-electron chi connectivity index (χ2n) is 8.50. The molecule has 5 aromatic carbocycles. The third kappa shape index (κ3) is 2.85. The van der Waals surface area contributed by atoms with E-state index in [1.165, 1.54) is 0 Å². The van der Waals surface area contributed by atoms with Crippen molar-refractivity contribution in [3.05, 3.63) is 84.9 Å². The zero-order chi connectivity index (χ0) is 22.5. The quantitative estimate of drug-likeness (QED) is 0.277. The average Bonchev–Trinajstić information content (AvgIpc) is 2.91. The van der Waals surface area contributed by atoms with E-state index in [2.05, 4.69) is 60.7 Å². The second kappa shape index (κ2) is 7.70. The van der Waals surface area contributed by atoms with Crippen molar-refractivity contribution in [2.24, 2.45) is 0 Å². The molecular weight excluding hydrogens is 424 g/mol. The molecule has 2 aliphatic heterocycles. The van der Waals surface area contributed by atoms with Gasteiger partial charge in [0.2, 0.25) is 0 Å². The summed E-state index contributed by atoms with van der Waals surface area (Å²) in [5.74, 6) is 3.21. The Morgan fingerprint density at radius 3 is 1.18 bits per heavy atom. The SMILES string of the molecule is c1cc2c(c(-c3c4ccccc4c(-c4cccc5c4OCCO5)c4ccccc34)c1)OCCO2. The maximum Gasteiger partial charge on any atom is 0.169 e. The molecule has 2 heterocycles. The van der Waals surface area contributed by atoms with Crippen molar-refractivity contribution in [3.8, 4) is 45.3 Å². The van der Waals surface area contributed by atoms with Gasteiger partial charge in [-0.15, -0.1) is 0 Å². The van der Waals surface area contributed by atoms with E-state index in [0.717, 1.165) is 66.8 Å². The van der Waals surface area contributed by atoms with Crippen LogP contribution in [0.3, 0.4) is 0 Å². The molecule has 0 saturated carbocycles. The Morgan fingerprint density at radius 2 is 0.765 bits per heavy atom. The second-order valence-corrected chi connectivity index (χ2v) is 8.50. The van der Waals surface area contributed by atoms with Gasteiger partial charge < -0.3 is 18.9 Å². The summed E-state index contributed by atoms with van der Waals surface area (Å²) in [6, 6.07) is 29.4. The summed E-state index contributed by atoms with van der Waals surface area (Å²) >= 11 is 0. The van der Waals surface area contributed by atoms with Crippen molar-refractivity contribution in [1.82, 2.24) is 0 Å². The summed E-state index contributed by atoms with van der Waals surface area (Å²) in [6.07, 6.45) is 0. The van der Waals surface area contributed by atoms with Gasteiger partial charge in [0.1, 0.15) is 26.4 Å². The topological polar surface area (TPSA) is 36.9 Å². The Hall–Kier alpha value is -4.18. The Kier molecular flexibility index (Phi) is 4.37. The largest absolute Gasteiger partial charge is 0.486 e. The van der Waals surface area contributed by atoms with Crippen molar-refractivity contribution >= 4 is 21.5 Å². The summed E-state index contributed by atoms with van der Waals surface area (Å²) in [6.45, 7) is 2.23. The van der Waals surface area contributed by atoms with Gasteiger partial charge in [-0.05, 0) is 33.7 Å². The molecule has 0 radical (unpaired) electrons. The van der Waals surface area contributed by atoms with Crippen LogP contribution in [0.25, 0.3) is 43.8 Å². The van der Waals surface area contributed by atoms with Gasteiger partial charge in [0, 0.05) is 22.3 Å². The third-order valence-electron chi connectivity index (χ3n) is 6.60. The lowest BCUT2D eigenvalue weighted by Crippen LogP contribution is -2.16. The minimum absolute atomic E-state index is 0.547. The Labute approximate surface area is 197 Å². The summed E-state index contributed by atoms with van der Waals surface area (Å²) in [7, 11) is 0. The molecule has 2 aliphatic rings. The monoisotopic (exact) mass is 446 g/mol. The normalized spacial score (nSPS) is 14.4. The smallest absolute Gasteiger partial charge is 0.169 e. The molecule has 5 aromatic rings. The lowest BCUT2D eigenvalue weighted by Gasteiger charge is -2.25. The van der Waals surface area contributed by atoms with Crippen LogP contribution in [-0.4, -0.2) is 26.4 Å². The molecule has 0 atom stereocenters. The fourth-order valence-electron chi connectivity index (χ4n) is 5.25. The number of rotatable bonds is 2. The number of benzene rings is 5. The summed E-state index contributed by atoms with van der Waals surface area (Å²) in [5, 5.41) is 4.64. The number of ether oxygens (including phenoxy) is 4. The van der Waals surface area contributed by atoms with Crippen molar-refractivity contribution in [3.63, 3.8) is 0 Å². The molecule has 0 fully saturated rings. The first kappa shape index (κ1) is 19.3. The third-order valence-corrected chi connectivity index (χ3v) is 6.60. The molecular formula is C30H22O4. The molecule has 0 aliphatic carbocycles. The minimum Gasteiger partial charge on any atom is -0.486 e. The van der Waals surface area contributed by atoms with Gasteiger partial charge in [-0.2, -0.15) is 0 Å². The van der Waals surface area contributed by atoms with E-state index < -0.39 is 0 Å². The zero-order valence-corrected chi connectivity index (χ0v) is 18.5. The van der Waals surface area contributed by atoms with E-state index in [1.807, 2.05) is 24.3 Å². The number of hydrogen-bond acceptors (Lipinski definition) is 4. The van der Waals surface area contributed by atoms with Crippen LogP contribution in [-0.2, 0) is 0 Å². The maximum absolute atomic E-state index is 6.13. The van der Waals surface area contributed by atoms with Gasteiger partial charge in [-0.3, -0.25) is 0 Å². The number of hydrogen-bond donors (Lipinski definition) is 0. The van der Waals surface area contributed by atoms with Crippen LogP contribution in [0, 0.1) is 0 Å². The fraction of sp³-hybridized carbons (Fsp3) is 0.133. The number of fused-ring (bicyclic) bond motifs is 4. The van der Waals surface area contributed by atoms with Crippen LogP contribution < -0.4 is 18.9 Å².